The molecule has 1 aliphatic rings. The number of hydrogen-bond donors (Lipinski definition) is 1. The zero-order valence-electron chi connectivity index (χ0n) is 10.3. The molecule has 0 bridgehead atoms. The van der Waals surface area contributed by atoms with Crippen LogP contribution in [0.3, 0.4) is 0 Å². The van der Waals surface area contributed by atoms with Gasteiger partial charge in [-0.15, -0.1) is 0 Å². The summed E-state index contributed by atoms with van der Waals surface area (Å²) in [7, 11) is 0. The minimum Gasteiger partial charge on any atom is -0.347 e. The second kappa shape index (κ2) is 4.96. The van der Waals surface area contributed by atoms with Crippen LogP contribution in [0.5, 0.6) is 0 Å². The van der Waals surface area contributed by atoms with Gasteiger partial charge in [0.25, 0.3) is 5.91 Å². The van der Waals surface area contributed by atoms with Gasteiger partial charge in [-0.1, -0.05) is 0 Å². The Morgan fingerprint density at radius 2 is 2.00 bits per heavy atom. The van der Waals surface area contributed by atoms with E-state index in [1.807, 2.05) is 6.92 Å². The van der Waals surface area contributed by atoms with Gasteiger partial charge in [0.1, 0.15) is 0 Å². The van der Waals surface area contributed by atoms with E-state index in [1.165, 1.54) is 12.1 Å². The molecule has 0 spiro atoms. The molecule has 1 N–H and O–H groups in total. The van der Waals surface area contributed by atoms with Crippen molar-refractivity contribution in [2.75, 3.05) is 0 Å². The van der Waals surface area contributed by atoms with Gasteiger partial charge in [0, 0.05) is 14.7 Å². The summed E-state index contributed by atoms with van der Waals surface area (Å²) in [5, 5.41) is 2.87. The van der Waals surface area contributed by atoms with E-state index in [0.29, 0.717) is 0 Å². The Kier molecular flexibility index (Phi) is 3.81. The Morgan fingerprint density at radius 1 is 1.37 bits per heavy atom. The van der Waals surface area contributed by atoms with Gasteiger partial charge < -0.3 is 5.32 Å². The molecule has 2 rings (SSSR count). The molecule has 1 aromatic rings. The van der Waals surface area contributed by atoms with Gasteiger partial charge in [0.05, 0.1) is 5.56 Å². The Hall–Kier alpha value is -0.790. The molecule has 0 heterocycles. The van der Waals surface area contributed by atoms with Crippen LogP contribution in [-0.2, 0) is 6.18 Å². The predicted octanol–water partition coefficient (Wildman–Crippen LogP) is 3.98. The van der Waals surface area contributed by atoms with E-state index < -0.39 is 11.7 Å². The molecular formula is C13H13F3INO. The summed E-state index contributed by atoms with van der Waals surface area (Å²) in [5.74, 6) is -0.311. The third kappa shape index (κ3) is 3.21. The van der Waals surface area contributed by atoms with Crippen molar-refractivity contribution in [2.24, 2.45) is 0 Å². The van der Waals surface area contributed by atoms with Crippen LogP contribution in [0.1, 0.15) is 42.1 Å². The molecule has 0 aromatic heterocycles. The summed E-state index contributed by atoms with van der Waals surface area (Å²) in [6, 6.07) is 3.46. The molecule has 0 radical (unpaired) electrons. The highest BCUT2D eigenvalue weighted by molar-refractivity contribution is 14.1. The SMILES string of the molecule is CC1(NC(=O)c2ccc(C(F)(F)F)c(I)c2)CCC1. The zero-order chi connectivity index (χ0) is 14.3. The van der Waals surface area contributed by atoms with Crippen LogP contribution >= 0.6 is 22.6 Å². The lowest BCUT2D eigenvalue weighted by Gasteiger charge is -2.39. The van der Waals surface area contributed by atoms with Crippen LogP contribution in [0.15, 0.2) is 18.2 Å². The van der Waals surface area contributed by atoms with Crippen LogP contribution in [0.4, 0.5) is 13.2 Å². The number of carbonyl (C=O) groups is 1. The normalized spacial score (nSPS) is 17.7. The van der Waals surface area contributed by atoms with E-state index in [2.05, 4.69) is 5.32 Å². The molecule has 1 saturated carbocycles. The number of halogens is 4. The van der Waals surface area contributed by atoms with Crippen molar-refractivity contribution >= 4 is 28.5 Å². The fourth-order valence-corrected chi connectivity index (χ4v) is 2.89. The molecular weight excluding hydrogens is 370 g/mol. The number of carbonyl (C=O) groups excluding carboxylic acids is 1. The van der Waals surface area contributed by atoms with Gasteiger partial charge in [0.15, 0.2) is 0 Å². The molecule has 0 saturated heterocycles. The van der Waals surface area contributed by atoms with Crippen LogP contribution in [-0.4, -0.2) is 11.4 Å². The molecule has 1 aromatic carbocycles. The fourth-order valence-electron chi connectivity index (χ4n) is 2.06. The maximum Gasteiger partial charge on any atom is 0.417 e. The van der Waals surface area contributed by atoms with Crippen molar-refractivity contribution < 1.29 is 18.0 Å². The molecule has 0 atom stereocenters. The Morgan fingerprint density at radius 3 is 2.42 bits per heavy atom. The van der Waals surface area contributed by atoms with E-state index in [9.17, 15) is 18.0 Å². The molecule has 2 nitrogen and oxygen atoms in total. The zero-order valence-corrected chi connectivity index (χ0v) is 12.4. The van der Waals surface area contributed by atoms with E-state index >= 15 is 0 Å². The van der Waals surface area contributed by atoms with Crippen LogP contribution in [0.2, 0.25) is 0 Å². The number of hydrogen-bond acceptors (Lipinski definition) is 1. The molecule has 1 amide bonds. The van der Waals surface area contributed by atoms with E-state index in [-0.39, 0.29) is 20.6 Å². The summed E-state index contributed by atoms with van der Waals surface area (Å²) >= 11 is 1.61. The standard InChI is InChI=1S/C13H13F3INO/c1-12(5-2-6-12)18-11(19)8-3-4-9(10(17)7-8)13(14,15)16/h3-4,7H,2,5-6H2,1H3,(H,18,19). The molecule has 6 heteroatoms. The topological polar surface area (TPSA) is 29.1 Å². The lowest BCUT2D eigenvalue weighted by atomic mass is 9.78. The first-order valence-electron chi connectivity index (χ1n) is 5.91. The maximum absolute atomic E-state index is 12.6. The largest absolute Gasteiger partial charge is 0.417 e. The van der Waals surface area contributed by atoms with Crippen LogP contribution in [0, 0.1) is 3.57 Å². The quantitative estimate of drug-likeness (QED) is 0.770. The molecule has 0 aliphatic heterocycles. The van der Waals surface area contributed by atoms with Crippen molar-refractivity contribution in [3.8, 4) is 0 Å². The monoisotopic (exact) mass is 383 g/mol. The van der Waals surface area contributed by atoms with Crippen molar-refractivity contribution in [3.63, 3.8) is 0 Å². The van der Waals surface area contributed by atoms with Crippen molar-refractivity contribution in [3.05, 3.63) is 32.9 Å². The number of benzene rings is 1. The molecule has 104 valence electrons. The smallest absolute Gasteiger partial charge is 0.347 e. The number of amides is 1. The number of nitrogens with one attached hydrogen (secondary N) is 1. The Labute approximate surface area is 122 Å². The van der Waals surface area contributed by atoms with Crippen LogP contribution < -0.4 is 5.32 Å². The minimum absolute atomic E-state index is 0.0384. The number of rotatable bonds is 2. The maximum atomic E-state index is 12.6. The Bertz CT molecular complexity index is 509. The second-order valence-corrected chi connectivity index (χ2v) is 6.22. The summed E-state index contributed by atoms with van der Waals surface area (Å²) < 4.78 is 37.9. The van der Waals surface area contributed by atoms with E-state index in [4.69, 9.17) is 0 Å². The summed E-state index contributed by atoms with van der Waals surface area (Å²) in [5.41, 5.74) is -0.643. The van der Waals surface area contributed by atoms with Gasteiger partial charge in [-0.05, 0) is 67.0 Å². The van der Waals surface area contributed by atoms with Gasteiger partial charge >= 0.3 is 6.18 Å². The summed E-state index contributed by atoms with van der Waals surface area (Å²) in [4.78, 5) is 12.0. The van der Waals surface area contributed by atoms with E-state index in [1.54, 1.807) is 22.6 Å². The van der Waals surface area contributed by atoms with Crippen LogP contribution in [0.25, 0.3) is 0 Å². The minimum atomic E-state index is -4.38. The summed E-state index contributed by atoms with van der Waals surface area (Å²) in [6.07, 6.45) is -1.49. The highest BCUT2D eigenvalue weighted by Gasteiger charge is 2.35. The van der Waals surface area contributed by atoms with Crippen molar-refractivity contribution in [1.29, 1.82) is 0 Å². The Balaban J connectivity index is 2.18. The fraction of sp³-hybridized carbons (Fsp3) is 0.462. The van der Waals surface area contributed by atoms with Gasteiger partial charge in [-0.3, -0.25) is 4.79 Å². The molecule has 19 heavy (non-hydrogen) atoms. The lowest BCUT2D eigenvalue weighted by molar-refractivity contribution is -0.138. The first kappa shape index (κ1) is 14.6. The van der Waals surface area contributed by atoms with Gasteiger partial charge in [0.2, 0.25) is 0 Å². The average molecular weight is 383 g/mol. The first-order chi connectivity index (χ1) is 8.71. The molecule has 1 fully saturated rings. The highest BCUT2D eigenvalue weighted by atomic mass is 127. The second-order valence-electron chi connectivity index (χ2n) is 5.06. The summed E-state index contributed by atoms with van der Waals surface area (Å²) in [6.45, 7) is 1.95. The van der Waals surface area contributed by atoms with Crippen molar-refractivity contribution in [2.45, 2.75) is 37.9 Å². The third-order valence-corrected chi connectivity index (χ3v) is 4.30. The van der Waals surface area contributed by atoms with Gasteiger partial charge in [-0.2, -0.15) is 13.2 Å². The predicted molar refractivity (Wildman–Crippen MR) is 73.9 cm³/mol. The van der Waals surface area contributed by atoms with Crippen molar-refractivity contribution in [1.82, 2.24) is 5.32 Å². The average Bonchev–Trinajstić information content (AvgIpc) is 2.24. The lowest BCUT2D eigenvalue weighted by Crippen LogP contribution is -2.50. The molecule has 1 aliphatic carbocycles. The first-order valence-corrected chi connectivity index (χ1v) is 6.98. The molecule has 0 unspecified atom stereocenters. The number of alkyl halides is 3. The highest BCUT2D eigenvalue weighted by Crippen LogP contribution is 2.34. The third-order valence-electron chi connectivity index (χ3n) is 3.41. The van der Waals surface area contributed by atoms with Gasteiger partial charge in [-0.25, -0.2) is 0 Å². The van der Waals surface area contributed by atoms with E-state index in [0.717, 1.165) is 25.3 Å².